The second-order valence-corrected chi connectivity index (χ2v) is 5.07. The smallest absolute Gasteiger partial charge is 0.144 e. The van der Waals surface area contributed by atoms with E-state index in [0.717, 1.165) is 44.1 Å². The van der Waals surface area contributed by atoms with Crippen molar-refractivity contribution in [3.8, 4) is 6.07 Å². The normalized spacial score (nSPS) is 15.7. The summed E-state index contributed by atoms with van der Waals surface area (Å²) in [4.78, 5) is 13.2. The molecule has 21 heavy (non-hydrogen) atoms. The number of aromatic nitrogens is 2. The van der Waals surface area contributed by atoms with Crippen molar-refractivity contribution in [2.75, 3.05) is 31.1 Å². The van der Waals surface area contributed by atoms with Crippen LogP contribution >= 0.6 is 0 Å². The van der Waals surface area contributed by atoms with Crippen molar-refractivity contribution >= 4 is 5.82 Å². The lowest BCUT2D eigenvalue weighted by Gasteiger charge is -2.35. The van der Waals surface area contributed by atoms with E-state index in [1.165, 1.54) is 0 Å². The molecule has 0 unspecified atom stereocenters. The van der Waals surface area contributed by atoms with Crippen LogP contribution < -0.4 is 4.90 Å². The van der Waals surface area contributed by atoms with E-state index in [9.17, 15) is 0 Å². The van der Waals surface area contributed by atoms with E-state index >= 15 is 0 Å². The van der Waals surface area contributed by atoms with Crippen LogP contribution in [0, 0.1) is 11.3 Å². The maximum atomic E-state index is 9.09. The molecule has 0 amide bonds. The molecule has 0 radical (unpaired) electrons. The van der Waals surface area contributed by atoms with Gasteiger partial charge in [0.05, 0.1) is 0 Å². The van der Waals surface area contributed by atoms with Crippen LogP contribution in [0.2, 0.25) is 0 Å². The van der Waals surface area contributed by atoms with Crippen molar-refractivity contribution in [2.45, 2.75) is 6.54 Å². The second-order valence-electron chi connectivity index (χ2n) is 5.07. The van der Waals surface area contributed by atoms with Gasteiger partial charge in [0.1, 0.15) is 17.6 Å². The van der Waals surface area contributed by atoms with Crippen molar-refractivity contribution in [3.05, 3.63) is 54.0 Å². The number of anilines is 1. The van der Waals surface area contributed by atoms with E-state index in [1.54, 1.807) is 6.20 Å². The van der Waals surface area contributed by atoms with Crippen molar-refractivity contribution in [1.29, 1.82) is 5.26 Å². The van der Waals surface area contributed by atoms with Gasteiger partial charge in [-0.25, -0.2) is 9.97 Å². The van der Waals surface area contributed by atoms with Crippen LogP contribution in [0.4, 0.5) is 5.82 Å². The summed E-state index contributed by atoms with van der Waals surface area (Å²) in [5.74, 6) is 1.04. The standard InChI is InChI=1S/C16H17N5/c17-12-15-14(4-3-7-18-15)13-20-8-10-21(11-9-20)16-5-1-2-6-19-16/h1-7H,8-11,13H2. The van der Waals surface area contributed by atoms with Gasteiger partial charge in [-0.2, -0.15) is 5.26 Å². The molecule has 1 aliphatic rings. The molecule has 0 spiro atoms. The third-order valence-corrected chi connectivity index (χ3v) is 3.74. The minimum Gasteiger partial charge on any atom is -0.354 e. The van der Waals surface area contributed by atoms with Gasteiger partial charge in [0, 0.05) is 50.7 Å². The Morgan fingerprint density at radius 3 is 2.52 bits per heavy atom. The highest BCUT2D eigenvalue weighted by Gasteiger charge is 2.18. The summed E-state index contributed by atoms with van der Waals surface area (Å²) in [6.45, 7) is 4.64. The first-order valence-corrected chi connectivity index (χ1v) is 7.09. The van der Waals surface area contributed by atoms with Gasteiger partial charge in [-0.3, -0.25) is 4.90 Å². The maximum Gasteiger partial charge on any atom is 0.144 e. The third-order valence-electron chi connectivity index (χ3n) is 3.74. The molecule has 3 heterocycles. The van der Waals surface area contributed by atoms with Gasteiger partial charge in [-0.05, 0) is 18.2 Å². The molecule has 106 valence electrons. The number of hydrogen-bond donors (Lipinski definition) is 0. The second kappa shape index (κ2) is 6.33. The van der Waals surface area contributed by atoms with E-state index in [-0.39, 0.29) is 0 Å². The first-order valence-electron chi connectivity index (χ1n) is 7.09. The van der Waals surface area contributed by atoms with Crippen LogP contribution in [-0.2, 0) is 6.54 Å². The van der Waals surface area contributed by atoms with Crippen LogP contribution in [0.15, 0.2) is 42.7 Å². The molecule has 2 aromatic rings. The summed E-state index contributed by atoms with van der Waals surface area (Å²) < 4.78 is 0. The van der Waals surface area contributed by atoms with E-state index in [1.807, 2.05) is 36.5 Å². The van der Waals surface area contributed by atoms with E-state index in [0.29, 0.717) is 5.69 Å². The Morgan fingerprint density at radius 2 is 1.81 bits per heavy atom. The van der Waals surface area contributed by atoms with Crippen LogP contribution in [0.5, 0.6) is 0 Å². The molecule has 2 aromatic heterocycles. The van der Waals surface area contributed by atoms with E-state index < -0.39 is 0 Å². The SMILES string of the molecule is N#Cc1ncccc1CN1CCN(c2ccccn2)CC1. The summed E-state index contributed by atoms with van der Waals surface area (Å²) in [5.41, 5.74) is 1.54. The fraction of sp³-hybridized carbons (Fsp3) is 0.312. The number of rotatable bonds is 3. The third kappa shape index (κ3) is 3.18. The molecular formula is C16H17N5. The van der Waals surface area contributed by atoms with Crippen LogP contribution in [-0.4, -0.2) is 41.0 Å². The molecule has 1 aliphatic heterocycles. The highest BCUT2D eigenvalue weighted by molar-refractivity contribution is 5.38. The Balaban J connectivity index is 1.60. The first-order chi connectivity index (χ1) is 10.4. The highest BCUT2D eigenvalue weighted by Crippen LogP contribution is 2.15. The monoisotopic (exact) mass is 279 g/mol. The van der Waals surface area contributed by atoms with Crippen molar-refractivity contribution in [3.63, 3.8) is 0 Å². The molecular weight excluding hydrogens is 262 g/mol. The average Bonchev–Trinajstić information content (AvgIpc) is 2.57. The van der Waals surface area contributed by atoms with Gasteiger partial charge in [-0.1, -0.05) is 12.1 Å². The summed E-state index contributed by atoms with van der Waals surface area (Å²) >= 11 is 0. The molecule has 5 nitrogen and oxygen atoms in total. The largest absolute Gasteiger partial charge is 0.354 e. The van der Waals surface area contributed by atoms with Gasteiger partial charge >= 0.3 is 0 Å². The average molecular weight is 279 g/mol. The predicted octanol–water partition coefficient (Wildman–Crippen LogP) is 1.67. The zero-order valence-corrected chi connectivity index (χ0v) is 11.8. The quantitative estimate of drug-likeness (QED) is 0.855. The summed E-state index contributed by atoms with van der Waals surface area (Å²) in [6, 6.07) is 12.0. The van der Waals surface area contributed by atoms with E-state index in [2.05, 4.69) is 25.8 Å². The van der Waals surface area contributed by atoms with Gasteiger partial charge in [-0.15, -0.1) is 0 Å². The van der Waals surface area contributed by atoms with Crippen LogP contribution in [0.25, 0.3) is 0 Å². The lowest BCUT2D eigenvalue weighted by atomic mass is 10.1. The number of piperazine rings is 1. The number of nitrogens with zero attached hydrogens (tertiary/aromatic N) is 5. The number of nitriles is 1. The Hall–Kier alpha value is -2.45. The summed E-state index contributed by atoms with van der Waals surface area (Å²) in [6.07, 6.45) is 3.50. The Labute approximate surface area is 124 Å². The van der Waals surface area contributed by atoms with Gasteiger partial charge in [0.15, 0.2) is 0 Å². The Morgan fingerprint density at radius 1 is 1.00 bits per heavy atom. The summed E-state index contributed by atoms with van der Waals surface area (Å²) in [5, 5.41) is 9.09. The van der Waals surface area contributed by atoms with Gasteiger partial charge in [0.2, 0.25) is 0 Å². The molecule has 3 rings (SSSR count). The molecule has 0 bridgehead atoms. The van der Waals surface area contributed by atoms with Crippen LogP contribution in [0.1, 0.15) is 11.3 Å². The molecule has 5 heteroatoms. The lowest BCUT2D eigenvalue weighted by Crippen LogP contribution is -2.46. The van der Waals surface area contributed by atoms with E-state index in [4.69, 9.17) is 5.26 Å². The Bertz CT molecular complexity index is 627. The molecule has 0 atom stereocenters. The number of hydrogen-bond acceptors (Lipinski definition) is 5. The molecule has 1 fully saturated rings. The van der Waals surface area contributed by atoms with Crippen LogP contribution in [0.3, 0.4) is 0 Å². The minimum absolute atomic E-state index is 0.532. The van der Waals surface area contributed by atoms with Crippen molar-refractivity contribution < 1.29 is 0 Å². The van der Waals surface area contributed by atoms with Crippen molar-refractivity contribution in [1.82, 2.24) is 14.9 Å². The fourth-order valence-corrected chi connectivity index (χ4v) is 2.58. The highest BCUT2D eigenvalue weighted by atomic mass is 15.3. The number of pyridine rings is 2. The Kier molecular flexibility index (Phi) is 4.08. The first kappa shape index (κ1) is 13.5. The molecule has 0 N–H and O–H groups in total. The lowest BCUT2D eigenvalue weighted by molar-refractivity contribution is 0.249. The fourth-order valence-electron chi connectivity index (χ4n) is 2.58. The molecule has 0 aliphatic carbocycles. The molecule has 1 saturated heterocycles. The van der Waals surface area contributed by atoms with Gasteiger partial charge < -0.3 is 4.90 Å². The zero-order chi connectivity index (χ0) is 14.5. The zero-order valence-electron chi connectivity index (χ0n) is 11.8. The molecule has 0 saturated carbocycles. The topological polar surface area (TPSA) is 56.1 Å². The van der Waals surface area contributed by atoms with Crippen molar-refractivity contribution in [2.24, 2.45) is 0 Å². The predicted molar refractivity (Wildman–Crippen MR) is 80.7 cm³/mol. The maximum absolute atomic E-state index is 9.09. The van der Waals surface area contributed by atoms with Gasteiger partial charge in [0.25, 0.3) is 0 Å². The summed E-state index contributed by atoms with van der Waals surface area (Å²) in [7, 11) is 0. The molecule has 0 aromatic carbocycles. The minimum atomic E-state index is 0.532.